The molecular formula is C16H16N2O. The summed E-state index contributed by atoms with van der Waals surface area (Å²) in [6.07, 6.45) is 0. The van der Waals surface area contributed by atoms with E-state index in [0.29, 0.717) is 6.61 Å². The third-order valence-electron chi connectivity index (χ3n) is 3.21. The maximum Gasteiger partial charge on any atom is 0.0714 e. The van der Waals surface area contributed by atoms with Crippen LogP contribution in [0.4, 0.5) is 5.69 Å². The molecule has 0 radical (unpaired) electrons. The Hall–Kier alpha value is -2.26. The highest BCUT2D eigenvalue weighted by Gasteiger charge is 2.07. The highest BCUT2D eigenvalue weighted by molar-refractivity contribution is 5.94. The van der Waals surface area contributed by atoms with Crippen molar-refractivity contribution >= 4 is 16.6 Å². The van der Waals surface area contributed by atoms with E-state index in [9.17, 15) is 0 Å². The number of hydrogen-bond donors (Lipinski definition) is 2. The van der Waals surface area contributed by atoms with Crippen molar-refractivity contribution in [2.75, 3.05) is 12.8 Å². The van der Waals surface area contributed by atoms with Gasteiger partial charge in [-0.25, -0.2) is 0 Å². The number of ether oxygens (including phenoxy) is 1. The molecule has 0 amide bonds. The second-order valence-electron chi connectivity index (χ2n) is 4.63. The monoisotopic (exact) mass is 252 g/mol. The number of hydrogen-bond acceptors (Lipinski definition) is 2. The Morgan fingerprint density at radius 2 is 1.89 bits per heavy atom. The molecule has 0 atom stereocenters. The van der Waals surface area contributed by atoms with Gasteiger partial charge in [0, 0.05) is 18.2 Å². The normalized spacial score (nSPS) is 11.0. The van der Waals surface area contributed by atoms with Gasteiger partial charge in [0.1, 0.15) is 0 Å². The van der Waals surface area contributed by atoms with Crippen LogP contribution in [0.15, 0.2) is 48.5 Å². The summed E-state index contributed by atoms with van der Waals surface area (Å²) in [6.45, 7) is 0.575. The molecule has 0 saturated heterocycles. The number of aromatic amines is 1. The molecule has 3 heteroatoms. The van der Waals surface area contributed by atoms with E-state index in [-0.39, 0.29) is 0 Å². The second-order valence-corrected chi connectivity index (χ2v) is 4.63. The molecule has 0 fully saturated rings. The summed E-state index contributed by atoms with van der Waals surface area (Å²) >= 11 is 0. The summed E-state index contributed by atoms with van der Waals surface area (Å²) in [6, 6.07) is 16.4. The van der Waals surface area contributed by atoms with Gasteiger partial charge in [0.15, 0.2) is 0 Å². The predicted molar refractivity (Wildman–Crippen MR) is 78.9 cm³/mol. The first-order chi connectivity index (χ1) is 9.28. The largest absolute Gasteiger partial charge is 0.397 e. The van der Waals surface area contributed by atoms with Crippen LogP contribution >= 0.6 is 0 Å². The Bertz CT molecular complexity index is 701. The van der Waals surface area contributed by atoms with E-state index in [0.717, 1.165) is 33.4 Å². The van der Waals surface area contributed by atoms with Crippen LogP contribution in [0.2, 0.25) is 0 Å². The van der Waals surface area contributed by atoms with Crippen molar-refractivity contribution in [2.24, 2.45) is 0 Å². The molecule has 3 nitrogen and oxygen atoms in total. The fourth-order valence-electron chi connectivity index (χ4n) is 2.36. The molecule has 1 aromatic heterocycles. The summed E-state index contributed by atoms with van der Waals surface area (Å²) in [4.78, 5) is 3.38. The van der Waals surface area contributed by atoms with Crippen LogP contribution in [0.3, 0.4) is 0 Å². The smallest absolute Gasteiger partial charge is 0.0714 e. The maximum atomic E-state index is 6.09. The highest BCUT2D eigenvalue weighted by atomic mass is 16.5. The van der Waals surface area contributed by atoms with Crippen molar-refractivity contribution in [1.82, 2.24) is 4.98 Å². The summed E-state index contributed by atoms with van der Waals surface area (Å²) < 4.78 is 5.16. The van der Waals surface area contributed by atoms with Crippen LogP contribution < -0.4 is 5.73 Å². The minimum Gasteiger partial charge on any atom is -0.397 e. The van der Waals surface area contributed by atoms with Crippen molar-refractivity contribution in [3.05, 3.63) is 54.1 Å². The lowest BCUT2D eigenvalue weighted by atomic mass is 10.1. The quantitative estimate of drug-likeness (QED) is 0.700. The van der Waals surface area contributed by atoms with Crippen LogP contribution in [0.25, 0.3) is 22.2 Å². The van der Waals surface area contributed by atoms with Crippen LogP contribution in [0.1, 0.15) is 5.56 Å². The number of anilines is 1. The number of nitrogens with two attached hydrogens (primary N) is 1. The standard InChI is InChI=1S/C16H16N2O/c1-19-10-11-7-13-9-15(12-5-3-2-4-6-12)18-16(13)14(17)8-11/h2-9,18H,10,17H2,1H3. The van der Waals surface area contributed by atoms with Gasteiger partial charge in [-0.3, -0.25) is 0 Å². The zero-order valence-corrected chi connectivity index (χ0v) is 10.8. The van der Waals surface area contributed by atoms with Crippen molar-refractivity contribution in [3.63, 3.8) is 0 Å². The Kier molecular flexibility index (Phi) is 2.97. The Morgan fingerprint density at radius 3 is 2.63 bits per heavy atom. The lowest BCUT2D eigenvalue weighted by molar-refractivity contribution is 0.185. The molecule has 0 saturated carbocycles. The number of aromatic nitrogens is 1. The first-order valence-corrected chi connectivity index (χ1v) is 6.23. The van der Waals surface area contributed by atoms with Gasteiger partial charge in [0.05, 0.1) is 17.8 Å². The van der Waals surface area contributed by atoms with Crippen molar-refractivity contribution in [1.29, 1.82) is 0 Å². The van der Waals surface area contributed by atoms with E-state index in [1.165, 1.54) is 0 Å². The van der Waals surface area contributed by atoms with Gasteiger partial charge in [-0.2, -0.15) is 0 Å². The molecule has 96 valence electrons. The third-order valence-corrected chi connectivity index (χ3v) is 3.21. The zero-order chi connectivity index (χ0) is 13.2. The molecule has 2 aromatic carbocycles. The Balaban J connectivity index is 2.13. The SMILES string of the molecule is COCc1cc(N)c2[nH]c(-c3ccccc3)cc2c1. The van der Waals surface area contributed by atoms with E-state index < -0.39 is 0 Å². The van der Waals surface area contributed by atoms with E-state index in [2.05, 4.69) is 29.2 Å². The molecule has 0 bridgehead atoms. The minimum absolute atomic E-state index is 0.575. The molecule has 3 rings (SSSR count). The second kappa shape index (κ2) is 4.78. The van der Waals surface area contributed by atoms with E-state index in [1.54, 1.807) is 7.11 Å². The van der Waals surface area contributed by atoms with E-state index >= 15 is 0 Å². The molecule has 0 aliphatic carbocycles. The molecule has 3 aromatic rings. The van der Waals surface area contributed by atoms with Crippen LogP contribution in [0, 0.1) is 0 Å². The Labute approximate surface area is 112 Å². The van der Waals surface area contributed by atoms with Crippen LogP contribution in [-0.2, 0) is 11.3 Å². The number of benzene rings is 2. The fraction of sp³-hybridized carbons (Fsp3) is 0.125. The summed E-state index contributed by atoms with van der Waals surface area (Å²) in [7, 11) is 1.69. The first kappa shape index (κ1) is 11.8. The molecule has 19 heavy (non-hydrogen) atoms. The van der Waals surface area contributed by atoms with E-state index in [4.69, 9.17) is 10.5 Å². The molecular weight excluding hydrogens is 236 g/mol. The Morgan fingerprint density at radius 1 is 1.11 bits per heavy atom. The van der Waals surface area contributed by atoms with Gasteiger partial charge >= 0.3 is 0 Å². The lowest BCUT2D eigenvalue weighted by Gasteiger charge is -2.02. The van der Waals surface area contributed by atoms with Gasteiger partial charge in [-0.15, -0.1) is 0 Å². The lowest BCUT2D eigenvalue weighted by Crippen LogP contribution is -1.92. The molecule has 0 aliphatic heterocycles. The van der Waals surface area contributed by atoms with Crippen molar-refractivity contribution < 1.29 is 4.74 Å². The van der Waals surface area contributed by atoms with Crippen molar-refractivity contribution in [3.8, 4) is 11.3 Å². The number of H-pyrrole nitrogens is 1. The number of nitrogens with one attached hydrogen (secondary N) is 1. The third kappa shape index (κ3) is 2.20. The van der Waals surface area contributed by atoms with E-state index in [1.807, 2.05) is 24.3 Å². The average molecular weight is 252 g/mol. The van der Waals surface area contributed by atoms with Crippen LogP contribution in [0.5, 0.6) is 0 Å². The number of nitrogen functional groups attached to an aromatic ring is 1. The van der Waals surface area contributed by atoms with Gasteiger partial charge in [-0.1, -0.05) is 30.3 Å². The summed E-state index contributed by atoms with van der Waals surface area (Å²) in [5.41, 5.74) is 11.2. The first-order valence-electron chi connectivity index (χ1n) is 6.23. The zero-order valence-electron chi connectivity index (χ0n) is 10.8. The average Bonchev–Trinajstić information content (AvgIpc) is 2.85. The predicted octanol–water partition coefficient (Wildman–Crippen LogP) is 3.56. The summed E-state index contributed by atoms with van der Waals surface area (Å²) in [5.74, 6) is 0. The fourth-order valence-corrected chi connectivity index (χ4v) is 2.36. The number of fused-ring (bicyclic) bond motifs is 1. The van der Waals surface area contributed by atoms with Crippen LogP contribution in [-0.4, -0.2) is 12.1 Å². The summed E-state index contributed by atoms with van der Waals surface area (Å²) in [5, 5.41) is 1.12. The molecule has 3 N–H and O–H groups in total. The maximum absolute atomic E-state index is 6.09. The molecule has 0 spiro atoms. The number of methoxy groups -OCH3 is 1. The topological polar surface area (TPSA) is 51.0 Å². The molecule has 1 heterocycles. The highest BCUT2D eigenvalue weighted by Crippen LogP contribution is 2.28. The van der Waals surface area contributed by atoms with Gasteiger partial charge in [0.2, 0.25) is 0 Å². The van der Waals surface area contributed by atoms with Crippen molar-refractivity contribution in [2.45, 2.75) is 6.61 Å². The molecule has 0 aliphatic rings. The molecule has 0 unspecified atom stereocenters. The minimum atomic E-state index is 0.575. The van der Waals surface area contributed by atoms with Gasteiger partial charge < -0.3 is 15.5 Å². The number of rotatable bonds is 3. The van der Waals surface area contributed by atoms with Gasteiger partial charge in [0.25, 0.3) is 0 Å². The van der Waals surface area contributed by atoms with Gasteiger partial charge in [-0.05, 0) is 29.3 Å².